The summed E-state index contributed by atoms with van der Waals surface area (Å²) in [4.78, 5) is 11.8. The maximum Gasteiger partial charge on any atom is 0.178 e. The zero-order valence-electron chi connectivity index (χ0n) is 12.9. The first-order valence-electron chi connectivity index (χ1n) is 7.07. The highest BCUT2D eigenvalue weighted by Gasteiger charge is 2.26. The van der Waals surface area contributed by atoms with Gasteiger partial charge in [0, 0.05) is 0 Å². The molecule has 0 aromatic rings. The molecule has 0 aromatic carbocycles. The average molecular weight is 258 g/mol. The Labute approximate surface area is 117 Å². The van der Waals surface area contributed by atoms with E-state index in [-0.39, 0.29) is 11.2 Å². The van der Waals surface area contributed by atoms with Crippen molar-refractivity contribution in [2.24, 2.45) is 5.41 Å². The highest BCUT2D eigenvalue weighted by molar-refractivity contribution is 5.99. The van der Waals surface area contributed by atoms with Crippen LogP contribution < -0.4 is 0 Å². The van der Waals surface area contributed by atoms with Gasteiger partial charge in [-0.3, -0.25) is 4.79 Å². The highest BCUT2D eigenvalue weighted by Crippen LogP contribution is 2.40. The topological polar surface area (TPSA) is 17.1 Å². The van der Waals surface area contributed by atoms with Gasteiger partial charge in [0.15, 0.2) is 5.78 Å². The number of carbonyl (C=O) groups is 1. The summed E-state index contributed by atoms with van der Waals surface area (Å²) in [7, 11) is 0. The molecule has 19 heavy (non-hydrogen) atoms. The van der Waals surface area contributed by atoms with Gasteiger partial charge in [-0.15, -0.1) is 0 Å². The van der Waals surface area contributed by atoms with Crippen molar-refractivity contribution in [3.8, 4) is 0 Å². The molecule has 104 valence electrons. The Morgan fingerprint density at radius 2 is 1.89 bits per heavy atom. The molecule has 1 nitrogen and oxygen atoms in total. The molecule has 1 aliphatic carbocycles. The van der Waals surface area contributed by atoms with E-state index >= 15 is 0 Å². The van der Waals surface area contributed by atoms with E-state index in [4.69, 9.17) is 0 Å². The van der Waals surface area contributed by atoms with Gasteiger partial charge < -0.3 is 0 Å². The smallest absolute Gasteiger partial charge is 0.178 e. The van der Waals surface area contributed by atoms with Crippen LogP contribution in [0.5, 0.6) is 0 Å². The molecule has 1 aliphatic rings. The molecule has 0 amide bonds. The predicted octanol–water partition coefficient (Wildman–Crippen LogP) is 5.16. The first-order valence-corrected chi connectivity index (χ1v) is 7.07. The van der Waals surface area contributed by atoms with Gasteiger partial charge in [0.25, 0.3) is 0 Å². The zero-order chi connectivity index (χ0) is 14.5. The molecule has 0 bridgehead atoms. The van der Waals surface area contributed by atoms with Crippen LogP contribution in [0.25, 0.3) is 0 Å². The van der Waals surface area contributed by atoms with Crippen LogP contribution in [-0.2, 0) is 4.79 Å². The minimum Gasteiger partial charge on any atom is -0.290 e. The molecular weight excluding hydrogens is 232 g/mol. The molecule has 0 radical (unpaired) electrons. The Hall–Kier alpha value is -1.37. The Kier molecular flexibility index (Phi) is 5.53. The normalized spacial score (nSPS) is 19.2. The molecule has 0 aliphatic heterocycles. The standard InChI is InChI=1S/C18H26O/c1-14(2)8-6-10-16(19)11-12-17-15(3)9-7-13-18(17,4)5/h6,8,10-12H,7,9,13H2,1-5H3. The third-order valence-electron chi connectivity index (χ3n) is 3.65. The van der Waals surface area contributed by atoms with Crippen LogP contribution in [0.3, 0.4) is 0 Å². The van der Waals surface area contributed by atoms with E-state index in [0.29, 0.717) is 0 Å². The summed E-state index contributed by atoms with van der Waals surface area (Å²) in [6.07, 6.45) is 12.7. The van der Waals surface area contributed by atoms with Crippen molar-refractivity contribution in [1.82, 2.24) is 0 Å². The predicted molar refractivity (Wildman–Crippen MR) is 83.1 cm³/mol. The molecule has 0 heterocycles. The third kappa shape index (κ3) is 5.02. The summed E-state index contributed by atoms with van der Waals surface area (Å²) in [5.41, 5.74) is 4.15. The van der Waals surface area contributed by atoms with E-state index in [9.17, 15) is 4.79 Å². The SMILES string of the molecule is CC(C)=CC=CC(=O)C=CC1=C(C)CCCC1(C)C. The maximum absolute atomic E-state index is 11.8. The summed E-state index contributed by atoms with van der Waals surface area (Å²) in [6, 6.07) is 0. The van der Waals surface area contributed by atoms with Gasteiger partial charge in [-0.1, -0.05) is 43.2 Å². The molecule has 0 spiro atoms. The fourth-order valence-corrected chi connectivity index (χ4v) is 2.57. The Bertz CT molecular complexity index is 452. The second-order valence-corrected chi connectivity index (χ2v) is 6.27. The third-order valence-corrected chi connectivity index (χ3v) is 3.65. The molecule has 0 fully saturated rings. The lowest BCUT2D eigenvalue weighted by atomic mass is 9.72. The minimum atomic E-state index is 0.0548. The summed E-state index contributed by atoms with van der Waals surface area (Å²) >= 11 is 0. The van der Waals surface area contributed by atoms with Crippen molar-refractivity contribution in [3.63, 3.8) is 0 Å². The van der Waals surface area contributed by atoms with Crippen LogP contribution in [0.4, 0.5) is 0 Å². The van der Waals surface area contributed by atoms with Gasteiger partial charge in [-0.25, -0.2) is 0 Å². The van der Waals surface area contributed by atoms with Crippen molar-refractivity contribution in [1.29, 1.82) is 0 Å². The number of rotatable bonds is 4. The summed E-state index contributed by atoms with van der Waals surface area (Å²) in [6.45, 7) is 10.7. The van der Waals surface area contributed by atoms with Crippen molar-refractivity contribution in [3.05, 3.63) is 47.1 Å². The van der Waals surface area contributed by atoms with E-state index in [0.717, 1.165) is 6.42 Å². The van der Waals surface area contributed by atoms with Gasteiger partial charge in [-0.2, -0.15) is 0 Å². The second kappa shape index (κ2) is 6.70. The second-order valence-electron chi connectivity index (χ2n) is 6.27. The number of allylic oxidation sites excluding steroid dienone is 8. The van der Waals surface area contributed by atoms with Gasteiger partial charge in [0.2, 0.25) is 0 Å². The largest absolute Gasteiger partial charge is 0.290 e. The first kappa shape index (κ1) is 15.7. The molecule has 0 saturated carbocycles. The molecule has 0 N–H and O–H groups in total. The lowest BCUT2D eigenvalue weighted by molar-refractivity contribution is -0.110. The monoisotopic (exact) mass is 258 g/mol. The molecule has 1 rings (SSSR count). The molecule has 0 aromatic heterocycles. The Morgan fingerprint density at radius 3 is 2.47 bits per heavy atom. The van der Waals surface area contributed by atoms with Crippen molar-refractivity contribution in [2.45, 2.75) is 53.9 Å². The minimum absolute atomic E-state index is 0.0548. The first-order chi connectivity index (χ1) is 8.83. The number of hydrogen-bond acceptors (Lipinski definition) is 1. The number of ketones is 1. The highest BCUT2D eigenvalue weighted by atomic mass is 16.1. The van der Waals surface area contributed by atoms with Crippen molar-refractivity contribution < 1.29 is 4.79 Å². The van der Waals surface area contributed by atoms with E-state index in [1.54, 1.807) is 12.2 Å². The van der Waals surface area contributed by atoms with Crippen LogP contribution in [-0.4, -0.2) is 5.78 Å². The summed E-state index contributed by atoms with van der Waals surface area (Å²) in [5, 5.41) is 0. The van der Waals surface area contributed by atoms with E-state index in [1.165, 1.54) is 29.6 Å². The number of carbonyl (C=O) groups excluding carboxylic acids is 1. The van der Waals surface area contributed by atoms with Crippen LogP contribution in [0.1, 0.15) is 53.9 Å². The molecule has 0 unspecified atom stereocenters. The summed E-state index contributed by atoms with van der Waals surface area (Å²) in [5.74, 6) is 0.0548. The van der Waals surface area contributed by atoms with Crippen LogP contribution in [0.15, 0.2) is 47.1 Å². The van der Waals surface area contributed by atoms with Gasteiger partial charge in [-0.05, 0) is 63.2 Å². The molecule has 1 heteroatoms. The van der Waals surface area contributed by atoms with E-state index in [2.05, 4.69) is 20.8 Å². The van der Waals surface area contributed by atoms with Crippen LogP contribution in [0.2, 0.25) is 0 Å². The Morgan fingerprint density at radius 1 is 1.21 bits per heavy atom. The maximum atomic E-state index is 11.8. The van der Waals surface area contributed by atoms with Crippen molar-refractivity contribution in [2.75, 3.05) is 0 Å². The fraction of sp³-hybridized carbons (Fsp3) is 0.500. The van der Waals surface area contributed by atoms with Gasteiger partial charge in [0.1, 0.15) is 0 Å². The quantitative estimate of drug-likeness (QED) is 0.503. The molecule has 0 atom stereocenters. The van der Waals surface area contributed by atoms with E-state index < -0.39 is 0 Å². The zero-order valence-corrected chi connectivity index (χ0v) is 12.9. The van der Waals surface area contributed by atoms with Crippen LogP contribution >= 0.6 is 0 Å². The Balaban J connectivity index is 2.78. The average Bonchev–Trinajstić information content (AvgIpc) is 2.26. The van der Waals surface area contributed by atoms with Gasteiger partial charge >= 0.3 is 0 Å². The lowest BCUT2D eigenvalue weighted by Gasteiger charge is -2.32. The molecular formula is C18H26O. The van der Waals surface area contributed by atoms with Crippen molar-refractivity contribution >= 4 is 5.78 Å². The van der Waals surface area contributed by atoms with E-state index in [1.807, 2.05) is 32.1 Å². The lowest BCUT2D eigenvalue weighted by Crippen LogP contribution is -2.19. The molecule has 0 saturated heterocycles. The van der Waals surface area contributed by atoms with Crippen LogP contribution in [0, 0.1) is 5.41 Å². The summed E-state index contributed by atoms with van der Waals surface area (Å²) < 4.78 is 0. The number of hydrogen-bond donors (Lipinski definition) is 0. The van der Waals surface area contributed by atoms with Gasteiger partial charge in [0.05, 0.1) is 0 Å². The fourth-order valence-electron chi connectivity index (χ4n) is 2.57.